The Morgan fingerprint density at radius 1 is 1.29 bits per heavy atom. The van der Waals surface area contributed by atoms with Crippen LogP contribution in [0.3, 0.4) is 0 Å². The van der Waals surface area contributed by atoms with Gasteiger partial charge in [-0.2, -0.15) is 0 Å². The van der Waals surface area contributed by atoms with Crippen molar-refractivity contribution in [2.24, 2.45) is 5.73 Å². The number of hydrogen-bond acceptors (Lipinski definition) is 4. The van der Waals surface area contributed by atoms with Gasteiger partial charge in [0.25, 0.3) is 0 Å². The number of rotatable bonds is 6. The zero-order chi connectivity index (χ0) is 12.7. The molecule has 1 saturated heterocycles. The summed E-state index contributed by atoms with van der Waals surface area (Å²) in [5, 5.41) is 2.69. The lowest BCUT2D eigenvalue weighted by Crippen LogP contribution is -2.42. The van der Waals surface area contributed by atoms with E-state index < -0.39 is 0 Å². The van der Waals surface area contributed by atoms with Gasteiger partial charge in [0.15, 0.2) is 0 Å². The zero-order valence-corrected chi connectivity index (χ0v) is 10.6. The van der Waals surface area contributed by atoms with E-state index in [1.807, 2.05) is 6.92 Å². The first-order valence-corrected chi connectivity index (χ1v) is 6.38. The molecule has 0 aliphatic carbocycles. The summed E-state index contributed by atoms with van der Waals surface area (Å²) < 4.78 is 0. The lowest BCUT2D eigenvalue weighted by molar-refractivity contribution is -0.126. The molecule has 1 aliphatic rings. The molecule has 17 heavy (non-hydrogen) atoms. The summed E-state index contributed by atoms with van der Waals surface area (Å²) in [5.41, 5.74) is 5.79. The highest BCUT2D eigenvalue weighted by molar-refractivity contribution is 5.86. The average molecular weight is 241 g/mol. The van der Waals surface area contributed by atoms with Crippen LogP contribution >= 0.6 is 0 Å². The summed E-state index contributed by atoms with van der Waals surface area (Å²) in [6, 6.07) is 0.289. The molecular formula is C12H23N3O2. The predicted molar refractivity (Wildman–Crippen MR) is 66.6 cm³/mol. The van der Waals surface area contributed by atoms with Crippen LogP contribution < -0.4 is 11.1 Å². The molecule has 1 rings (SSSR count). The van der Waals surface area contributed by atoms with Crippen LogP contribution in [0.2, 0.25) is 0 Å². The van der Waals surface area contributed by atoms with Crippen LogP contribution in [0.1, 0.15) is 32.6 Å². The monoisotopic (exact) mass is 241 g/mol. The molecule has 0 aromatic heterocycles. The maximum Gasteiger partial charge on any atom is 0.220 e. The van der Waals surface area contributed by atoms with Crippen LogP contribution in [-0.2, 0) is 9.59 Å². The number of hydrogen-bond donors (Lipinski definition) is 2. The molecule has 0 bridgehead atoms. The number of carbonyl (C=O) groups is 2. The summed E-state index contributed by atoms with van der Waals surface area (Å²) >= 11 is 0. The van der Waals surface area contributed by atoms with Crippen LogP contribution in [0.4, 0.5) is 0 Å². The molecule has 98 valence electrons. The van der Waals surface area contributed by atoms with Gasteiger partial charge in [-0.25, -0.2) is 0 Å². The van der Waals surface area contributed by atoms with E-state index >= 15 is 0 Å². The number of amides is 1. The molecule has 1 heterocycles. The number of nitrogens with two attached hydrogens (primary N) is 1. The Hall–Kier alpha value is -0.940. The van der Waals surface area contributed by atoms with Gasteiger partial charge in [0.1, 0.15) is 5.78 Å². The molecule has 0 radical (unpaired) electrons. The molecule has 1 aliphatic heterocycles. The Bertz CT molecular complexity index is 260. The van der Waals surface area contributed by atoms with Crippen molar-refractivity contribution in [3.05, 3.63) is 0 Å². The van der Waals surface area contributed by atoms with E-state index in [9.17, 15) is 9.59 Å². The number of carbonyl (C=O) groups excluding carboxylic acids is 2. The van der Waals surface area contributed by atoms with E-state index in [-0.39, 0.29) is 17.7 Å². The van der Waals surface area contributed by atoms with Gasteiger partial charge in [-0.15, -0.1) is 0 Å². The lowest BCUT2D eigenvalue weighted by Gasteiger charge is -2.29. The molecule has 5 heteroatoms. The number of piperidine rings is 1. The number of Topliss-reactive ketones (excluding diaryl/α,β-unsaturated/α-hetero) is 1. The molecule has 3 N–H and O–H groups in total. The fourth-order valence-electron chi connectivity index (χ4n) is 1.98. The molecular weight excluding hydrogens is 218 g/mol. The van der Waals surface area contributed by atoms with Gasteiger partial charge in [-0.3, -0.25) is 14.5 Å². The van der Waals surface area contributed by atoms with Crippen LogP contribution in [0.5, 0.6) is 0 Å². The van der Waals surface area contributed by atoms with Crippen LogP contribution in [-0.4, -0.2) is 48.8 Å². The minimum atomic E-state index is -0.0403. The van der Waals surface area contributed by atoms with Crippen molar-refractivity contribution in [3.8, 4) is 0 Å². The Morgan fingerprint density at radius 2 is 1.94 bits per heavy atom. The molecule has 0 saturated carbocycles. The number of nitrogens with zero attached hydrogens (tertiary/aromatic N) is 1. The quantitative estimate of drug-likeness (QED) is 0.680. The highest BCUT2D eigenvalue weighted by atomic mass is 16.2. The second kappa shape index (κ2) is 7.40. The van der Waals surface area contributed by atoms with Crippen molar-refractivity contribution in [2.45, 2.75) is 38.6 Å². The summed E-state index contributed by atoms with van der Waals surface area (Å²) in [7, 11) is 0. The Labute approximate surface area is 103 Å². The Balaban J connectivity index is 2.14. The summed E-state index contributed by atoms with van der Waals surface area (Å²) in [4.78, 5) is 25.0. The fraction of sp³-hybridized carbons (Fsp3) is 0.833. The van der Waals surface area contributed by atoms with Crippen molar-refractivity contribution < 1.29 is 9.59 Å². The van der Waals surface area contributed by atoms with Crippen LogP contribution in [0.15, 0.2) is 0 Å². The highest BCUT2D eigenvalue weighted by Gasteiger charge is 2.18. The van der Waals surface area contributed by atoms with E-state index in [1.165, 1.54) is 0 Å². The smallest absolute Gasteiger partial charge is 0.220 e. The first-order chi connectivity index (χ1) is 8.11. The van der Waals surface area contributed by atoms with Crippen molar-refractivity contribution in [2.75, 3.05) is 26.2 Å². The predicted octanol–water partition coefficient (Wildman–Crippen LogP) is -0.105. The third-order valence-electron chi connectivity index (χ3n) is 3.04. The van der Waals surface area contributed by atoms with E-state index in [1.54, 1.807) is 0 Å². The lowest BCUT2D eigenvalue weighted by atomic mass is 10.1. The van der Waals surface area contributed by atoms with Crippen LogP contribution in [0, 0.1) is 0 Å². The Kier molecular flexibility index (Phi) is 6.15. The van der Waals surface area contributed by atoms with Gasteiger partial charge < -0.3 is 11.1 Å². The average Bonchev–Trinajstić information content (AvgIpc) is 2.30. The maximum absolute atomic E-state index is 11.6. The van der Waals surface area contributed by atoms with Gasteiger partial charge >= 0.3 is 0 Å². The molecule has 0 aromatic rings. The summed E-state index contributed by atoms with van der Waals surface area (Å²) in [6.45, 7) is 4.75. The fourth-order valence-corrected chi connectivity index (χ4v) is 1.98. The number of likely N-dealkylation sites (tertiary alicyclic amines) is 1. The molecule has 1 fully saturated rings. The van der Waals surface area contributed by atoms with E-state index in [2.05, 4.69) is 10.2 Å². The molecule has 0 unspecified atom stereocenters. The van der Waals surface area contributed by atoms with E-state index in [4.69, 9.17) is 5.73 Å². The molecule has 0 atom stereocenters. The SMILES string of the molecule is CCNC(=O)CCC(=O)CN1CCC(N)CC1. The van der Waals surface area contributed by atoms with Crippen molar-refractivity contribution in [1.82, 2.24) is 10.2 Å². The van der Waals surface area contributed by atoms with Crippen molar-refractivity contribution >= 4 is 11.7 Å². The first kappa shape index (κ1) is 14.1. The van der Waals surface area contributed by atoms with Crippen molar-refractivity contribution in [1.29, 1.82) is 0 Å². The van der Waals surface area contributed by atoms with E-state index in [0.717, 1.165) is 25.9 Å². The first-order valence-electron chi connectivity index (χ1n) is 6.38. The van der Waals surface area contributed by atoms with Gasteiger partial charge in [0, 0.05) is 38.5 Å². The third-order valence-corrected chi connectivity index (χ3v) is 3.04. The minimum absolute atomic E-state index is 0.0403. The molecule has 1 amide bonds. The second-order valence-electron chi connectivity index (χ2n) is 4.61. The number of nitrogens with one attached hydrogen (secondary N) is 1. The zero-order valence-electron chi connectivity index (χ0n) is 10.6. The van der Waals surface area contributed by atoms with Gasteiger partial charge in [-0.1, -0.05) is 0 Å². The van der Waals surface area contributed by atoms with Gasteiger partial charge in [0.2, 0.25) is 5.91 Å². The second-order valence-corrected chi connectivity index (χ2v) is 4.61. The minimum Gasteiger partial charge on any atom is -0.356 e. The van der Waals surface area contributed by atoms with Gasteiger partial charge in [-0.05, 0) is 19.8 Å². The summed E-state index contributed by atoms with van der Waals surface area (Å²) in [6.07, 6.45) is 2.57. The topological polar surface area (TPSA) is 75.4 Å². The third kappa shape index (κ3) is 5.79. The molecule has 5 nitrogen and oxygen atoms in total. The highest BCUT2D eigenvalue weighted by Crippen LogP contribution is 2.08. The number of ketones is 1. The maximum atomic E-state index is 11.6. The van der Waals surface area contributed by atoms with Gasteiger partial charge in [0.05, 0.1) is 6.54 Å². The largest absolute Gasteiger partial charge is 0.356 e. The molecule has 0 spiro atoms. The van der Waals surface area contributed by atoms with Crippen molar-refractivity contribution in [3.63, 3.8) is 0 Å². The normalized spacial score (nSPS) is 18.0. The van der Waals surface area contributed by atoms with E-state index in [0.29, 0.717) is 25.9 Å². The summed E-state index contributed by atoms with van der Waals surface area (Å²) in [5.74, 6) is 0.105. The Morgan fingerprint density at radius 3 is 2.53 bits per heavy atom. The standard InChI is InChI=1S/C12H23N3O2/c1-2-14-12(17)4-3-11(16)9-15-7-5-10(13)6-8-15/h10H,2-9,13H2,1H3,(H,14,17). The molecule has 0 aromatic carbocycles. The van der Waals surface area contributed by atoms with Crippen LogP contribution in [0.25, 0.3) is 0 Å².